The van der Waals surface area contributed by atoms with Gasteiger partial charge < -0.3 is 15.1 Å². The third kappa shape index (κ3) is 2.25. The predicted molar refractivity (Wildman–Crippen MR) is 52.3 cm³/mol. The van der Waals surface area contributed by atoms with Crippen LogP contribution in [0.1, 0.15) is 27.2 Å². The van der Waals surface area contributed by atoms with E-state index < -0.39 is 12.3 Å². The second-order valence-electron chi connectivity index (χ2n) is 4.53. The summed E-state index contributed by atoms with van der Waals surface area (Å²) in [6.07, 6.45) is -1.32. The summed E-state index contributed by atoms with van der Waals surface area (Å²) in [5, 5.41) is 19.2. The van der Waals surface area contributed by atoms with Crippen LogP contribution in [0.15, 0.2) is 0 Å². The lowest BCUT2D eigenvalue weighted by Crippen LogP contribution is -2.54. The molecule has 1 rings (SSSR count). The fraction of sp³-hybridized carbons (Fsp3) is 0.900. The highest BCUT2D eigenvalue weighted by molar-refractivity contribution is 5.81. The van der Waals surface area contributed by atoms with Gasteiger partial charge >= 0.3 is 0 Å². The molecule has 4 nitrogen and oxygen atoms in total. The van der Waals surface area contributed by atoms with Gasteiger partial charge in [0.2, 0.25) is 0 Å². The molecule has 0 radical (unpaired) electrons. The van der Waals surface area contributed by atoms with Gasteiger partial charge in [-0.25, -0.2) is 0 Å². The molecule has 1 aliphatic heterocycles. The average Bonchev–Trinajstić information content (AvgIpc) is 2.09. The van der Waals surface area contributed by atoms with Crippen LogP contribution in [0.3, 0.4) is 0 Å². The van der Waals surface area contributed by atoms with Gasteiger partial charge in [0.05, 0.1) is 0 Å². The van der Waals surface area contributed by atoms with Crippen LogP contribution in [-0.2, 0) is 4.79 Å². The van der Waals surface area contributed by atoms with Crippen LogP contribution in [0.5, 0.6) is 0 Å². The number of carbonyl (C=O) groups is 1. The van der Waals surface area contributed by atoms with E-state index in [1.807, 2.05) is 20.8 Å². The molecule has 14 heavy (non-hydrogen) atoms. The normalized spacial score (nSPS) is 34.0. The monoisotopic (exact) mass is 201 g/mol. The summed E-state index contributed by atoms with van der Waals surface area (Å²) < 4.78 is 0. The quantitative estimate of drug-likeness (QED) is 0.670. The lowest BCUT2D eigenvalue weighted by Gasteiger charge is -2.39. The Labute approximate surface area is 84.5 Å². The number of nitrogens with zero attached hydrogens (tertiary/aromatic N) is 1. The Hall–Kier alpha value is -0.610. The van der Waals surface area contributed by atoms with E-state index in [0.29, 0.717) is 18.9 Å². The molecule has 1 saturated heterocycles. The average molecular weight is 201 g/mol. The van der Waals surface area contributed by atoms with Crippen molar-refractivity contribution in [3.05, 3.63) is 0 Å². The maximum atomic E-state index is 11.5. The smallest absolute Gasteiger partial charge is 0.253 e. The van der Waals surface area contributed by atoms with Crippen LogP contribution in [0, 0.1) is 11.8 Å². The number of amides is 1. The molecule has 4 heteroatoms. The molecule has 0 aromatic rings. The minimum absolute atomic E-state index is 0.0542. The first-order valence-corrected chi connectivity index (χ1v) is 5.10. The van der Waals surface area contributed by atoms with Crippen molar-refractivity contribution >= 4 is 5.91 Å². The zero-order valence-electron chi connectivity index (χ0n) is 8.97. The summed E-state index contributed by atoms with van der Waals surface area (Å²) in [6, 6.07) is 0. The highest BCUT2D eigenvalue weighted by atomic mass is 16.3. The topological polar surface area (TPSA) is 60.8 Å². The highest BCUT2D eigenvalue weighted by Gasteiger charge is 2.37. The summed E-state index contributed by atoms with van der Waals surface area (Å²) in [7, 11) is 0. The van der Waals surface area contributed by atoms with Crippen molar-refractivity contribution in [1.82, 2.24) is 4.90 Å². The van der Waals surface area contributed by atoms with Gasteiger partial charge in [0.1, 0.15) is 12.3 Å². The molecule has 1 amide bonds. The molecule has 1 aliphatic rings. The molecular weight excluding hydrogens is 182 g/mol. The summed E-state index contributed by atoms with van der Waals surface area (Å²) in [4.78, 5) is 12.9. The van der Waals surface area contributed by atoms with E-state index >= 15 is 0 Å². The second kappa shape index (κ2) is 4.28. The van der Waals surface area contributed by atoms with Crippen molar-refractivity contribution in [2.24, 2.45) is 11.8 Å². The van der Waals surface area contributed by atoms with Crippen molar-refractivity contribution in [2.45, 2.75) is 39.5 Å². The summed E-state index contributed by atoms with van der Waals surface area (Å²) in [5.74, 6) is -0.100. The number of piperidine rings is 1. The number of aliphatic hydroxyl groups excluding tert-OH is 2. The SMILES string of the molecule is CC(C)CN1C(=O)C(O)CC(C)C1O. The molecule has 0 bridgehead atoms. The third-order valence-electron chi connectivity index (χ3n) is 2.55. The van der Waals surface area contributed by atoms with Crippen LogP contribution in [0.25, 0.3) is 0 Å². The lowest BCUT2D eigenvalue weighted by atomic mass is 9.94. The molecule has 0 spiro atoms. The van der Waals surface area contributed by atoms with Crippen LogP contribution in [0.4, 0.5) is 0 Å². The first-order valence-electron chi connectivity index (χ1n) is 5.10. The molecule has 1 heterocycles. The zero-order chi connectivity index (χ0) is 10.9. The Morgan fingerprint density at radius 2 is 2.07 bits per heavy atom. The highest BCUT2D eigenvalue weighted by Crippen LogP contribution is 2.23. The Morgan fingerprint density at radius 1 is 1.50 bits per heavy atom. The van der Waals surface area contributed by atoms with Crippen molar-refractivity contribution in [1.29, 1.82) is 0 Å². The molecule has 2 N–H and O–H groups in total. The van der Waals surface area contributed by atoms with Crippen LogP contribution < -0.4 is 0 Å². The van der Waals surface area contributed by atoms with E-state index in [1.54, 1.807) is 0 Å². The van der Waals surface area contributed by atoms with E-state index in [1.165, 1.54) is 4.90 Å². The number of likely N-dealkylation sites (tertiary alicyclic amines) is 1. The molecule has 0 saturated carbocycles. The number of carbonyl (C=O) groups excluding carboxylic acids is 1. The summed E-state index contributed by atoms with van der Waals surface area (Å²) in [6.45, 7) is 6.30. The van der Waals surface area contributed by atoms with Crippen LogP contribution in [-0.4, -0.2) is 39.9 Å². The van der Waals surface area contributed by atoms with Gasteiger partial charge in [0.25, 0.3) is 5.91 Å². The van der Waals surface area contributed by atoms with E-state index in [-0.39, 0.29) is 11.8 Å². The number of hydrogen-bond donors (Lipinski definition) is 2. The Balaban J connectivity index is 2.72. The molecule has 82 valence electrons. The number of aliphatic hydroxyl groups is 2. The van der Waals surface area contributed by atoms with E-state index in [2.05, 4.69) is 0 Å². The number of hydrogen-bond acceptors (Lipinski definition) is 3. The summed E-state index contributed by atoms with van der Waals surface area (Å²) in [5.41, 5.74) is 0. The first-order chi connectivity index (χ1) is 6.43. The van der Waals surface area contributed by atoms with E-state index in [0.717, 1.165) is 0 Å². The van der Waals surface area contributed by atoms with Crippen molar-refractivity contribution < 1.29 is 15.0 Å². The molecule has 0 aromatic carbocycles. The first kappa shape index (κ1) is 11.5. The summed E-state index contributed by atoms with van der Waals surface area (Å²) >= 11 is 0. The number of rotatable bonds is 2. The van der Waals surface area contributed by atoms with Crippen LogP contribution in [0.2, 0.25) is 0 Å². The van der Waals surface area contributed by atoms with Gasteiger partial charge in [-0.05, 0) is 12.3 Å². The molecule has 0 aromatic heterocycles. The fourth-order valence-corrected chi connectivity index (χ4v) is 1.80. The maximum Gasteiger partial charge on any atom is 0.253 e. The molecular formula is C10H19NO3. The Kier molecular flexibility index (Phi) is 3.50. The maximum absolute atomic E-state index is 11.5. The van der Waals surface area contributed by atoms with E-state index in [9.17, 15) is 15.0 Å². The van der Waals surface area contributed by atoms with Gasteiger partial charge in [-0.15, -0.1) is 0 Å². The minimum atomic E-state index is -0.938. The van der Waals surface area contributed by atoms with Gasteiger partial charge in [0, 0.05) is 12.5 Å². The van der Waals surface area contributed by atoms with Crippen molar-refractivity contribution in [3.8, 4) is 0 Å². The zero-order valence-corrected chi connectivity index (χ0v) is 8.97. The third-order valence-corrected chi connectivity index (χ3v) is 2.55. The Morgan fingerprint density at radius 3 is 2.57 bits per heavy atom. The van der Waals surface area contributed by atoms with Gasteiger partial charge in [-0.3, -0.25) is 4.79 Å². The van der Waals surface area contributed by atoms with Gasteiger partial charge in [0.15, 0.2) is 0 Å². The largest absolute Gasteiger partial charge is 0.383 e. The molecule has 1 fully saturated rings. The Bertz CT molecular complexity index is 217. The molecule has 3 atom stereocenters. The van der Waals surface area contributed by atoms with Gasteiger partial charge in [-0.2, -0.15) is 0 Å². The fourth-order valence-electron chi connectivity index (χ4n) is 1.80. The second-order valence-corrected chi connectivity index (χ2v) is 4.53. The van der Waals surface area contributed by atoms with Crippen LogP contribution >= 0.6 is 0 Å². The van der Waals surface area contributed by atoms with Gasteiger partial charge in [-0.1, -0.05) is 20.8 Å². The van der Waals surface area contributed by atoms with Crippen molar-refractivity contribution in [2.75, 3.05) is 6.54 Å². The van der Waals surface area contributed by atoms with Crippen molar-refractivity contribution in [3.63, 3.8) is 0 Å². The minimum Gasteiger partial charge on any atom is -0.383 e. The predicted octanol–water partition coefficient (Wildman–Crippen LogP) is 0.190. The standard InChI is InChI=1S/C10H19NO3/c1-6(2)5-11-9(13)7(3)4-8(12)10(11)14/h6-9,12-13H,4-5H2,1-3H3. The lowest BCUT2D eigenvalue weighted by molar-refractivity contribution is -0.167. The molecule has 0 aliphatic carbocycles. The van der Waals surface area contributed by atoms with E-state index in [4.69, 9.17) is 0 Å². The molecule has 3 unspecified atom stereocenters.